The van der Waals surface area contributed by atoms with Crippen molar-refractivity contribution in [2.45, 2.75) is 45.3 Å². The van der Waals surface area contributed by atoms with Crippen molar-refractivity contribution < 1.29 is 9.90 Å². The van der Waals surface area contributed by atoms with Gasteiger partial charge in [0, 0.05) is 19.6 Å². The zero-order valence-electron chi connectivity index (χ0n) is 12.4. The molecule has 0 saturated heterocycles. The van der Waals surface area contributed by atoms with Gasteiger partial charge in [0.2, 0.25) is 5.91 Å². The van der Waals surface area contributed by atoms with Crippen molar-refractivity contribution in [3.05, 3.63) is 34.9 Å². The minimum Gasteiger partial charge on any atom is -0.392 e. The first-order valence-corrected chi connectivity index (χ1v) is 7.28. The normalized spacial score (nSPS) is 19.6. The molecule has 0 spiro atoms. The van der Waals surface area contributed by atoms with Crippen LogP contribution in [0.25, 0.3) is 0 Å². The molecule has 0 aliphatic carbocycles. The molecule has 1 aliphatic rings. The van der Waals surface area contributed by atoms with Gasteiger partial charge in [0.15, 0.2) is 0 Å². The van der Waals surface area contributed by atoms with E-state index in [0.717, 1.165) is 12.1 Å². The molecule has 110 valence electrons. The van der Waals surface area contributed by atoms with E-state index in [1.165, 1.54) is 11.1 Å². The minimum atomic E-state index is -0.515. The summed E-state index contributed by atoms with van der Waals surface area (Å²) in [5, 5.41) is 15.4. The van der Waals surface area contributed by atoms with E-state index in [2.05, 4.69) is 42.7 Å². The molecule has 2 atom stereocenters. The van der Waals surface area contributed by atoms with Gasteiger partial charge in [0.1, 0.15) is 0 Å². The smallest absolute Gasteiger partial charge is 0.228 e. The van der Waals surface area contributed by atoms with Gasteiger partial charge in [-0.2, -0.15) is 0 Å². The molecular formula is C16H24N2O2. The summed E-state index contributed by atoms with van der Waals surface area (Å²) in [7, 11) is 0. The fourth-order valence-electron chi connectivity index (χ4n) is 2.54. The van der Waals surface area contributed by atoms with Crippen molar-refractivity contribution in [1.82, 2.24) is 10.6 Å². The Bertz CT molecular complexity index is 483. The zero-order chi connectivity index (χ0) is 14.7. The van der Waals surface area contributed by atoms with Crippen LogP contribution in [-0.2, 0) is 11.3 Å². The van der Waals surface area contributed by atoms with Gasteiger partial charge in [0.25, 0.3) is 0 Å². The second-order valence-electron chi connectivity index (χ2n) is 5.89. The van der Waals surface area contributed by atoms with Crippen LogP contribution >= 0.6 is 0 Å². The van der Waals surface area contributed by atoms with Crippen LogP contribution in [0.15, 0.2) is 18.2 Å². The monoisotopic (exact) mass is 276 g/mol. The van der Waals surface area contributed by atoms with Crippen LogP contribution in [0.2, 0.25) is 0 Å². The Balaban J connectivity index is 2.18. The highest BCUT2D eigenvalue weighted by Crippen LogP contribution is 2.27. The second kappa shape index (κ2) is 6.37. The largest absolute Gasteiger partial charge is 0.392 e. The summed E-state index contributed by atoms with van der Waals surface area (Å²) < 4.78 is 0. The van der Waals surface area contributed by atoms with Crippen LogP contribution in [0, 0.1) is 0 Å². The molecule has 1 amide bonds. The summed E-state index contributed by atoms with van der Waals surface area (Å²) in [5.41, 5.74) is 3.62. The summed E-state index contributed by atoms with van der Waals surface area (Å²) in [5.74, 6) is 0.306. The fraction of sp³-hybridized carbons (Fsp3) is 0.562. The minimum absolute atomic E-state index is 0.0170. The van der Waals surface area contributed by atoms with Crippen LogP contribution in [-0.4, -0.2) is 30.2 Å². The van der Waals surface area contributed by atoms with E-state index in [0.29, 0.717) is 19.0 Å². The number of aliphatic hydroxyl groups excluding tert-OH is 1. The average molecular weight is 276 g/mol. The maximum Gasteiger partial charge on any atom is 0.228 e. The van der Waals surface area contributed by atoms with Crippen molar-refractivity contribution in [3.8, 4) is 0 Å². The third-order valence-corrected chi connectivity index (χ3v) is 3.76. The molecule has 2 rings (SSSR count). The van der Waals surface area contributed by atoms with E-state index >= 15 is 0 Å². The van der Waals surface area contributed by atoms with Crippen LogP contribution < -0.4 is 10.6 Å². The van der Waals surface area contributed by atoms with Gasteiger partial charge >= 0.3 is 0 Å². The van der Waals surface area contributed by atoms with Crippen LogP contribution in [0.1, 0.15) is 49.3 Å². The van der Waals surface area contributed by atoms with E-state index in [1.807, 2.05) is 0 Å². The van der Waals surface area contributed by atoms with E-state index in [-0.39, 0.29) is 11.8 Å². The molecule has 3 N–H and O–H groups in total. The van der Waals surface area contributed by atoms with Gasteiger partial charge in [0.05, 0.1) is 12.0 Å². The standard InChI is InChI=1S/C16H24N2O2/c1-10(2)12-4-5-14-13(6-12)8-17-9-15(14)16(20)18-7-11(3)19/h4-6,10-11,15,17,19H,7-9H2,1-3H3,(H,18,20). The van der Waals surface area contributed by atoms with Crippen molar-refractivity contribution in [2.75, 3.05) is 13.1 Å². The number of rotatable bonds is 4. The van der Waals surface area contributed by atoms with Crippen LogP contribution in [0.4, 0.5) is 0 Å². The van der Waals surface area contributed by atoms with E-state index in [9.17, 15) is 9.90 Å². The molecule has 4 heteroatoms. The molecule has 4 nitrogen and oxygen atoms in total. The molecule has 0 saturated carbocycles. The average Bonchev–Trinajstić information content (AvgIpc) is 2.43. The second-order valence-corrected chi connectivity index (χ2v) is 5.89. The van der Waals surface area contributed by atoms with E-state index in [4.69, 9.17) is 0 Å². The molecule has 1 aliphatic heterocycles. The van der Waals surface area contributed by atoms with Crippen molar-refractivity contribution in [1.29, 1.82) is 0 Å². The molecule has 1 heterocycles. The van der Waals surface area contributed by atoms with Gasteiger partial charge in [-0.25, -0.2) is 0 Å². The first kappa shape index (κ1) is 15.0. The molecule has 0 bridgehead atoms. The Kier molecular flexibility index (Phi) is 4.78. The van der Waals surface area contributed by atoms with Crippen molar-refractivity contribution in [2.24, 2.45) is 0 Å². The summed E-state index contributed by atoms with van der Waals surface area (Å²) in [6, 6.07) is 6.39. The summed E-state index contributed by atoms with van der Waals surface area (Å²) in [6.07, 6.45) is -0.515. The van der Waals surface area contributed by atoms with Crippen LogP contribution in [0.3, 0.4) is 0 Å². The van der Waals surface area contributed by atoms with E-state index < -0.39 is 6.10 Å². The Morgan fingerprint density at radius 2 is 2.20 bits per heavy atom. The quantitative estimate of drug-likeness (QED) is 0.781. The lowest BCUT2D eigenvalue weighted by Gasteiger charge is -2.27. The van der Waals surface area contributed by atoms with Gasteiger partial charge in [-0.1, -0.05) is 32.0 Å². The number of aliphatic hydroxyl groups is 1. The highest BCUT2D eigenvalue weighted by atomic mass is 16.3. The number of amides is 1. The number of hydrogen-bond donors (Lipinski definition) is 3. The van der Waals surface area contributed by atoms with Crippen molar-refractivity contribution in [3.63, 3.8) is 0 Å². The van der Waals surface area contributed by atoms with Crippen LogP contribution in [0.5, 0.6) is 0 Å². The first-order valence-electron chi connectivity index (χ1n) is 7.28. The molecule has 0 fully saturated rings. The molecule has 2 unspecified atom stereocenters. The Hall–Kier alpha value is -1.39. The summed E-state index contributed by atoms with van der Waals surface area (Å²) in [6.45, 7) is 7.78. The lowest BCUT2D eigenvalue weighted by Crippen LogP contribution is -2.41. The van der Waals surface area contributed by atoms with Gasteiger partial charge in [-0.3, -0.25) is 4.79 Å². The number of benzene rings is 1. The van der Waals surface area contributed by atoms with Crippen molar-refractivity contribution >= 4 is 5.91 Å². The number of carbonyl (C=O) groups excluding carboxylic acids is 1. The molecule has 1 aromatic carbocycles. The number of carbonyl (C=O) groups is 1. The lowest BCUT2D eigenvalue weighted by atomic mass is 9.87. The third-order valence-electron chi connectivity index (χ3n) is 3.76. The predicted octanol–water partition coefficient (Wildman–Crippen LogP) is 1.49. The number of nitrogens with one attached hydrogen (secondary N) is 2. The number of hydrogen-bond acceptors (Lipinski definition) is 3. The molecule has 20 heavy (non-hydrogen) atoms. The highest BCUT2D eigenvalue weighted by molar-refractivity contribution is 5.84. The molecular weight excluding hydrogens is 252 g/mol. The predicted molar refractivity (Wildman–Crippen MR) is 79.7 cm³/mol. The maximum absolute atomic E-state index is 12.2. The van der Waals surface area contributed by atoms with Gasteiger partial charge in [-0.05, 0) is 29.5 Å². The van der Waals surface area contributed by atoms with Gasteiger partial charge < -0.3 is 15.7 Å². The molecule has 0 radical (unpaired) electrons. The lowest BCUT2D eigenvalue weighted by molar-refractivity contribution is -0.123. The first-order chi connectivity index (χ1) is 9.49. The Labute approximate surface area is 120 Å². The maximum atomic E-state index is 12.2. The third kappa shape index (κ3) is 3.38. The molecule has 0 aromatic heterocycles. The summed E-state index contributed by atoms with van der Waals surface area (Å²) >= 11 is 0. The Morgan fingerprint density at radius 3 is 2.85 bits per heavy atom. The van der Waals surface area contributed by atoms with E-state index in [1.54, 1.807) is 6.92 Å². The Morgan fingerprint density at radius 1 is 1.45 bits per heavy atom. The van der Waals surface area contributed by atoms with Gasteiger partial charge in [-0.15, -0.1) is 0 Å². The number of fused-ring (bicyclic) bond motifs is 1. The SMILES string of the molecule is CC(O)CNC(=O)C1CNCc2cc(C(C)C)ccc21. The summed E-state index contributed by atoms with van der Waals surface area (Å²) in [4.78, 5) is 12.2. The fourth-order valence-corrected chi connectivity index (χ4v) is 2.54. The zero-order valence-corrected chi connectivity index (χ0v) is 12.4. The topological polar surface area (TPSA) is 61.4 Å². The molecule has 1 aromatic rings. The highest BCUT2D eigenvalue weighted by Gasteiger charge is 2.26.